The summed E-state index contributed by atoms with van der Waals surface area (Å²) in [5.41, 5.74) is 3.03. The van der Waals surface area contributed by atoms with Crippen molar-refractivity contribution in [2.24, 2.45) is 0 Å². The Kier molecular flexibility index (Phi) is 3.17. The maximum absolute atomic E-state index is 5.23. The van der Waals surface area contributed by atoms with E-state index in [4.69, 9.17) is 9.47 Å². The second-order valence-corrected chi connectivity index (χ2v) is 5.68. The molecule has 0 aromatic heterocycles. The SMILES string of the molecule is COc1ccc(C2CC2(C)c2ccc(OC)cc2)cc1. The Bertz CT molecular complexity index is 586. The highest BCUT2D eigenvalue weighted by atomic mass is 16.5. The molecule has 0 N–H and O–H groups in total. The Morgan fingerprint density at radius 3 is 1.85 bits per heavy atom. The lowest BCUT2D eigenvalue weighted by molar-refractivity contribution is 0.414. The van der Waals surface area contributed by atoms with Crippen LogP contribution in [0.3, 0.4) is 0 Å². The van der Waals surface area contributed by atoms with Gasteiger partial charge in [0, 0.05) is 0 Å². The molecular weight excluding hydrogens is 248 g/mol. The molecule has 0 amide bonds. The first kappa shape index (κ1) is 13.0. The van der Waals surface area contributed by atoms with Crippen LogP contribution in [0.25, 0.3) is 0 Å². The molecular formula is C18H20O2. The van der Waals surface area contributed by atoms with Gasteiger partial charge >= 0.3 is 0 Å². The largest absolute Gasteiger partial charge is 0.497 e. The normalized spacial score (nSPS) is 24.2. The molecule has 0 radical (unpaired) electrons. The summed E-state index contributed by atoms with van der Waals surface area (Å²) in [6, 6.07) is 16.9. The van der Waals surface area contributed by atoms with Crippen LogP contribution in [-0.4, -0.2) is 14.2 Å². The lowest BCUT2D eigenvalue weighted by atomic mass is 9.93. The van der Waals surface area contributed by atoms with Crippen molar-refractivity contribution >= 4 is 0 Å². The van der Waals surface area contributed by atoms with Crippen LogP contribution in [0, 0.1) is 0 Å². The molecule has 2 aromatic carbocycles. The fraction of sp³-hybridized carbons (Fsp3) is 0.333. The Labute approximate surface area is 120 Å². The maximum Gasteiger partial charge on any atom is 0.118 e. The zero-order valence-electron chi connectivity index (χ0n) is 12.2. The summed E-state index contributed by atoms with van der Waals surface area (Å²) in [4.78, 5) is 0. The molecule has 0 spiro atoms. The van der Waals surface area contributed by atoms with Gasteiger partial charge in [0.05, 0.1) is 14.2 Å². The minimum absolute atomic E-state index is 0.251. The average Bonchev–Trinajstić information content (AvgIpc) is 3.21. The maximum atomic E-state index is 5.23. The summed E-state index contributed by atoms with van der Waals surface area (Å²) < 4.78 is 10.4. The predicted molar refractivity (Wildman–Crippen MR) is 80.7 cm³/mol. The number of ether oxygens (including phenoxy) is 2. The minimum atomic E-state index is 0.251. The van der Waals surface area contributed by atoms with E-state index >= 15 is 0 Å². The second-order valence-electron chi connectivity index (χ2n) is 5.68. The third-order valence-electron chi connectivity index (χ3n) is 4.50. The van der Waals surface area contributed by atoms with Gasteiger partial charge in [-0.3, -0.25) is 0 Å². The van der Waals surface area contributed by atoms with Crippen molar-refractivity contribution in [3.8, 4) is 11.5 Å². The first-order valence-corrected chi connectivity index (χ1v) is 6.96. The van der Waals surface area contributed by atoms with Gasteiger partial charge < -0.3 is 9.47 Å². The van der Waals surface area contributed by atoms with E-state index in [1.165, 1.54) is 17.5 Å². The number of hydrogen-bond acceptors (Lipinski definition) is 2. The van der Waals surface area contributed by atoms with E-state index in [0.29, 0.717) is 5.92 Å². The van der Waals surface area contributed by atoms with E-state index in [1.54, 1.807) is 14.2 Å². The zero-order valence-corrected chi connectivity index (χ0v) is 12.2. The van der Waals surface area contributed by atoms with E-state index in [0.717, 1.165) is 11.5 Å². The van der Waals surface area contributed by atoms with Crippen LogP contribution in [0.2, 0.25) is 0 Å². The topological polar surface area (TPSA) is 18.5 Å². The molecule has 0 saturated heterocycles. The lowest BCUT2D eigenvalue weighted by Gasteiger charge is -2.13. The van der Waals surface area contributed by atoms with E-state index in [1.807, 2.05) is 24.3 Å². The van der Waals surface area contributed by atoms with Gasteiger partial charge in [0.15, 0.2) is 0 Å². The van der Waals surface area contributed by atoms with Crippen LogP contribution in [-0.2, 0) is 5.41 Å². The van der Waals surface area contributed by atoms with Crippen molar-refractivity contribution < 1.29 is 9.47 Å². The number of methoxy groups -OCH3 is 2. The average molecular weight is 268 g/mol. The highest BCUT2D eigenvalue weighted by molar-refractivity contribution is 5.44. The van der Waals surface area contributed by atoms with E-state index in [9.17, 15) is 0 Å². The second kappa shape index (κ2) is 4.86. The molecule has 1 aliphatic rings. The molecule has 2 heteroatoms. The van der Waals surface area contributed by atoms with E-state index < -0.39 is 0 Å². The van der Waals surface area contributed by atoms with Crippen molar-refractivity contribution in [2.75, 3.05) is 14.2 Å². The molecule has 0 heterocycles. The van der Waals surface area contributed by atoms with Crippen molar-refractivity contribution in [1.29, 1.82) is 0 Å². The molecule has 1 fully saturated rings. The van der Waals surface area contributed by atoms with Crippen LogP contribution in [0.4, 0.5) is 0 Å². The number of hydrogen-bond donors (Lipinski definition) is 0. The van der Waals surface area contributed by atoms with Gasteiger partial charge in [-0.05, 0) is 53.1 Å². The highest BCUT2D eigenvalue weighted by Gasteiger charge is 2.51. The molecule has 1 aliphatic carbocycles. The third-order valence-corrected chi connectivity index (χ3v) is 4.50. The Hall–Kier alpha value is -1.96. The summed E-state index contributed by atoms with van der Waals surface area (Å²) in [5.74, 6) is 2.43. The Balaban J connectivity index is 1.80. The van der Waals surface area contributed by atoms with Crippen molar-refractivity contribution in [2.45, 2.75) is 24.7 Å². The smallest absolute Gasteiger partial charge is 0.118 e. The molecule has 2 unspecified atom stereocenters. The highest BCUT2D eigenvalue weighted by Crippen LogP contribution is 2.60. The molecule has 0 bridgehead atoms. The van der Waals surface area contributed by atoms with Crippen LogP contribution in [0.1, 0.15) is 30.4 Å². The minimum Gasteiger partial charge on any atom is -0.497 e. The molecule has 1 saturated carbocycles. The molecule has 2 nitrogen and oxygen atoms in total. The van der Waals surface area contributed by atoms with Crippen molar-refractivity contribution in [3.63, 3.8) is 0 Å². The molecule has 3 rings (SSSR count). The van der Waals surface area contributed by atoms with Gasteiger partial charge in [-0.2, -0.15) is 0 Å². The van der Waals surface area contributed by atoms with E-state index in [-0.39, 0.29) is 5.41 Å². The first-order valence-electron chi connectivity index (χ1n) is 6.96. The summed E-state index contributed by atoms with van der Waals surface area (Å²) >= 11 is 0. The Morgan fingerprint density at radius 1 is 0.850 bits per heavy atom. The van der Waals surface area contributed by atoms with Crippen LogP contribution in [0.15, 0.2) is 48.5 Å². The van der Waals surface area contributed by atoms with Gasteiger partial charge in [0.1, 0.15) is 11.5 Å². The van der Waals surface area contributed by atoms with Gasteiger partial charge in [-0.25, -0.2) is 0 Å². The fourth-order valence-corrected chi connectivity index (χ4v) is 2.98. The van der Waals surface area contributed by atoms with Crippen LogP contribution >= 0.6 is 0 Å². The predicted octanol–water partition coefficient (Wildman–Crippen LogP) is 4.15. The fourth-order valence-electron chi connectivity index (χ4n) is 2.98. The van der Waals surface area contributed by atoms with Crippen molar-refractivity contribution in [1.82, 2.24) is 0 Å². The standard InChI is InChI=1S/C18H20O2/c1-18(14-6-10-16(20-3)11-7-14)12-17(18)13-4-8-15(19-2)9-5-13/h4-11,17H,12H2,1-3H3. The summed E-state index contributed by atoms with van der Waals surface area (Å²) in [6.45, 7) is 2.34. The third kappa shape index (κ3) is 2.15. The van der Waals surface area contributed by atoms with Crippen LogP contribution < -0.4 is 9.47 Å². The van der Waals surface area contributed by atoms with E-state index in [2.05, 4.69) is 31.2 Å². The molecule has 20 heavy (non-hydrogen) atoms. The van der Waals surface area contributed by atoms with Gasteiger partial charge in [-0.1, -0.05) is 31.2 Å². The summed E-state index contributed by atoms with van der Waals surface area (Å²) in [6.07, 6.45) is 1.20. The summed E-state index contributed by atoms with van der Waals surface area (Å²) in [5, 5.41) is 0. The first-order chi connectivity index (χ1) is 9.67. The summed E-state index contributed by atoms with van der Waals surface area (Å²) in [7, 11) is 3.40. The molecule has 104 valence electrons. The van der Waals surface area contributed by atoms with Gasteiger partial charge in [0.2, 0.25) is 0 Å². The quantitative estimate of drug-likeness (QED) is 0.829. The van der Waals surface area contributed by atoms with Gasteiger partial charge in [0.25, 0.3) is 0 Å². The lowest BCUT2D eigenvalue weighted by Crippen LogP contribution is -2.03. The Morgan fingerprint density at radius 2 is 1.35 bits per heavy atom. The monoisotopic (exact) mass is 268 g/mol. The zero-order chi connectivity index (χ0) is 14.2. The van der Waals surface area contributed by atoms with Crippen LogP contribution in [0.5, 0.6) is 11.5 Å². The molecule has 2 atom stereocenters. The molecule has 0 aliphatic heterocycles. The van der Waals surface area contributed by atoms with Crippen molar-refractivity contribution in [3.05, 3.63) is 59.7 Å². The number of rotatable bonds is 4. The van der Waals surface area contributed by atoms with Gasteiger partial charge in [-0.15, -0.1) is 0 Å². The number of benzene rings is 2. The molecule has 2 aromatic rings.